The Morgan fingerprint density at radius 2 is 1.84 bits per heavy atom. The summed E-state index contributed by atoms with van der Waals surface area (Å²) in [4.78, 5) is 11.8. The lowest BCUT2D eigenvalue weighted by Gasteiger charge is -2.32. The molecule has 1 atom stereocenters. The smallest absolute Gasteiger partial charge is 0.315 e. The Bertz CT molecular complexity index is 295. The molecule has 0 aromatic heterocycles. The van der Waals surface area contributed by atoms with E-state index in [-0.39, 0.29) is 12.1 Å². The molecule has 3 N–H and O–H groups in total. The van der Waals surface area contributed by atoms with Crippen LogP contribution in [0.1, 0.15) is 64.7 Å². The quantitative estimate of drug-likeness (QED) is 0.686. The fourth-order valence-corrected chi connectivity index (χ4v) is 3.12. The van der Waals surface area contributed by atoms with Gasteiger partial charge in [-0.25, -0.2) is 4.79 Å². The van der Waals surface area contributed by atoms with Crippen molar-refractivity contribution in [3.05, 3.63) is 0 Å². The SMILES string of the molecule is CC(NC(=O)NCC1(O)CCCCCC1)C1CCC1. The van der Waals surface area contributed by atoms with E-state index < -0.39 is 5.60 Å². The van der Waals surface area contributed by atoms with E-state index in [0.29, 0.717) is 12.5 Å². The lowest BCUT2D eigenvalue weighted by Crippen LogP contribution is -2.50. The average molecular weight is 268 g/mol. The highest BCUT2D eigenvalue weighted by Gasteiger charge is 2.29. The van der Waals surface area contributed by atoms with Crippen LogP contribution < -0.4 is 10.6 Å². The van der Waals surface area contributed by atoms with E-state index >= 15 is 0 Å². The van der Waals surface area contributed by atoms with Gasteiger partial charge >= 0.3 is 6.03 Å². The molecule has 0 bridgehead atoms. The minimum atomic E-state index is -0.687. The number of amides is 2. The molecule has 0 saturated heterocycles. The minimum absolute atomic E-state index is 0.128. The van der Waals surface area contributed by atoms with E-state index in [1.165, 1.54) is 32.1 Å². The average Bonchev–Trinajstić information content (AvgIpc) is 2.50. The van der Waals surface area contributed by atoms with Crippen LogP contribution in [0, 0.1) is 5.92 Å². The molecule has 2 amide bonds. The van der Waals surface area contributed by atoms with Crippen molar-refractivity contribution in [2.24, 2.45) is 5.92 Å². The molecular weight excluding hydrogens is 240 g/mol. The second-order valence-electron chi connectivity index (χ2n) is 6.45. The van der Waals surface area contributed by atoms with Gasteiger partial charge in [-0.2, -0.15) is 0 Å². The fraction of sp³-hybridized carbons (Fsp3) is 0.933. The summed E-state index contributed by atoms with van der Waals surface area (Å²) in [5.74, 6) is 0.645. The Morgan fingerprint density at radius 1 is 1.21 bits per heavy atom. The second-order valence-corrected chi connectivity index (χ2v) is 6.45. The van der Waals surface area contributed by atoms with Gasteiger partial charge in [-0.15, -0.1) is 0 Å². The van der Waals surface area contributed by atoms with Gasteiger partial charge in [0.05, 0.1) is 5.60 Å². The molecule has 2 fully saturated rings. The minimum Gasteiger partial charge on any atom is -0.388 e. The van der Waals surface area contributed by atoms with Crippen molar-refractivity contribution in [2.75, 3.05) is 6.54 Å². The highest BCUT2D eigenvalue weighted by Crippen LogP contribution is 2.29. The van der Waals surface area contributed by atoms with Gasteiger partial charge in [-0.05, 0) is 38.5 Å². The molecule has 19 heavy (non-hydrogen) atoms. The molecule has 0 aliphatic heterocycles. The summed E-state index contributed by atoms with van der Waals surface area (Å²) in [7, 11) is 0. The Balaban J connectivity index is 1.69. The first kappa shape index (κ1) is 14.6. The molecule has 2 aliphatic rings. The van der Waals surface area contributed by atoms with Crippen molar-refractivity contribution in [2.45, 2.75) is 76.4 Å². The second kappa shape index (κ2) is 6.60. The first-order chi connectivity index (χ1) is 9.09. The fourth-order valence-electron chi connectivity index (χ4n) is 3.12. The van der Waals surface area contributed by atoms with Crippen LogP contribution in [-0.4, -0.2) is 29.3 Å². The summed E-state index contributed by atoms with van der Waals surface area (Å²) < 4.78 is 0. The highest BCUT2D eigenvalue weighted by atomic mass is 16.3. The van der Waals surface area contributed by atoms with Crippen LogP contribution in [0.15, 0.2) is 0 Å². The van der Waals surface area contributed by atoms with E-state index in [2.05, 4.69) is 17.6 Å². The van der Waals surface area contributed by atoms with Crippen LogP contribution in [0.3, 0.4) is 0 Å². The summed E-state index contributed by atoms with van der Waals surface area (Å²) in [5, 5.41) is 16.3. The molecule has 2 aliphatic carbocycles. The zero-order valence-electron chi connectivity index (χ0n) is 12.1. The molecule has 4 nitrogen and oxygen atoms in total. The summed E-state index contributed by atoms with van der Waals surface area (Å²) in [6.07, 6.45) is 9.91. The molecule has 2 saturated carbocycles. The van der Waals surface area contributed by atoms with Crippen LogP contribution >= 0.6 is 0 Å². The topological polar surface area (TPSA) is 61.4 Å². The van der Waals surface area contributed by atoms with Crippen molar-refractivity contribution in [1.29, 1.82) is 0 Å². The Hall–Kier alpha value is -0.770. The molecule has 4 heteroatoms. The van der Waals surface area contributed by atoms with Crippen molar-refractivity contribution in [1.82, 2.24) is 10.6 Å². The molecular formula is C15H28N2O2. The third-order valence-electron chi connectivity index (χ3n) is 4.83. The first-order valence-electron chi connectivity index (χ1n) is 7.86. The van der Waals surface area contributed by atoms with Gasteiger partial charge in [0, 0.05) is 12.6 Å². The maximum absolute atomic E-state index is 11.8. The Labute approximate surface area is 116 Å². The third kappa shape index (κ3) is 4.37. The van der Waals surface area contributed by atoms with E-state index in [0.717, 1.165) is 25.7 Å². The van der Waals surface area contributed by atoms with Gasteiger partial charge in [0.2, 0.25) is 0 Å². The van der Waals surface area contributed by atoms with Crippen molar-refractivity contribution in [3.8, 4) is 0 Å². The maximum atomic E-state index is 11.8. The third-order valence-corrected chi connectivity index (χ3v) is 4.83. The number of hydrogen-bond donors (Lipinski definition) is 3. The summed E-state index contributed by atoms with van der Waals surface area (Å²) in [6, 6.07) is 0.120. The van der Waals surface area contributed by atoms with Gasteiger partial charge < -0.3 is 15.7 Å². The molecule has 1 unspecified atom stereocenters. The first-order valence-corrected chi connectivity index (χ1v) is 7.86. The van der Waals surface area contributed by atoms with Crippen molar-refractivity contribution in [3.63, 3.8) is 0 Å². The normalized spacial score (nSPS) is 24.9. The number of carbonyl (C=O) groups excluding carboxylic acids is 1. The molecule has 0 aromatic carbocycles. The number of nitrogens with one attached hydrogen (secondary N) is 2. The van der Waals surface area contributed by atoms with Crippen LogP contribution in [0.2, 0.25) is 0 Å². The summed E-state index contributed by atoms with van der Waals surface area (Å²) in [5.41, 5.74) is -0.687. The molecule has 0 radical (unpaired) electrons. The van der Waals surface area contributed by atoms with E-state index in [4.69, 9.17) is 0 Å². The maximum Gasteiger partial charge on any atom is 0.315 e. The molecule has 0 heterocycles. The standard InChI is InChI=1S/C15H28N2O2/c1-12(13-7-6-8-13)17-14(18)16-11-15(19)9-4-2-3-5-10-15/h12-13,19H,2-11H2,1H3,(H2,16,17,18). The number of carbonyl (C=O) groups is 1. The number of rotatable bonds is 4. The van der Waals surface area contributed by atoms with Crippen LogP contribution in [0.25, 0.3) is 0 Å². The predicted octanol–water partition coefficient (Wildman–Crippen LogP) is 2.56. The Morgan fingerprint density at radius 3 is 2.37 bits per heavy atom. The van der Waals surface area contributed by atoms with E-state index in [1.807, 2.05) is 0 Å². The summed E-state index contributed by atoms with van der Waals surface area (Å²) >= 11 is 0. The van der Waals surface area contributed by atoms with Crippen LogP contribution in [-0.2, 0) is 0 Å². The summed E-state index contributed by atoms with van der Waals surface area (Å²) in [6.45, 7) is 2.46. The highest BCUT2D eigenvalue weighted by molar-refractivity contribution is 5.74. The van der Waals surface area contributed by atoms with E-state index in [1.54, 1.807) is 0 Å². The largest absolute Gasteiger partial charge is 0.388 e. The number of aliphatic hydroxyl groups is 1. The lowest BCUT2D eigenvalue weighted by molar-refractivity contribution is 0.0275. The zero-order valence-corrected chi connectivity index (χ0v) is 12.1. The molecule has 0 spiro atoms. The van der Waals surface area contributed by atoms with Crippen molar-refractivity contribution >= 4 is 6.03 Å². The van der Waals surface area contributed by atoms with Gasteiger partial charge in [-0.1, -0.05) is 32.1 Å². The molecule has 0 aromatic rings. The van der Waals surface area contributed by atoms with Crippen LogP contribution in [0.5, 0.6) is 0 Å². The van der Waals surface area contributed by atoms with Crippen molar-refractivity contribution < 1.29 is 9.90 Å². The molecule has 110 valence electrons. The van der Waals surface area contributed by atoms with Gasteiger partial charge in [0.1, 0.15) is 0 Å². The van der Waals surface area contributed by atoms with Gasteiger partial charge in [0.15, 0.2) is 0 Å². The predicted molar refractivity (Wildman–Crippen MR) is 76.0 cm³/mol. The lowest BCUT2D eigenvalue weighted by atomic mass is 9.80. The van der Waals surface area contributed by atoms with Gasteiger partial charge in [0.25, 0.3) is 0 Å². The van der Waals surface area contributed by atoms with Crippen LogP contribution in [0.4, 0.5) is 4.79 Å². The molecule has 2 rings (SSSR count). The number of urea groups is 1. The number of hydrogen-bond acceptors (Lipinski definition) is 2. The van der Waals surface area contributed by atoms with Gasteiger partial charge in [-0.3, -0.25) is 0 Å². The Kier molecular flexibility index (Phi) is 5.08. The van der Waals surface area contributed by atoms with E-state index in [9.17, 15) is 9.90 Å². The monoisotopic (exact) mass is 268 g/mol. The zero-order chi connectivity index (χ0) is 13.7.